The Hall–Kier alpha value is -0.880. The van der Waals surface area contributed by atoms with E-state index >= 15 is 0 Å². The van der Waals surface area contributed by atoms with Crippen molar-refractivity contribution < 1.29 is 4.74 Å². The molecule has 0 heterocycles. The van der Waals surface area contributed by atoms with Gasteiger partial charge in [0.2, 0.25) is 0 Å². The van der Waals surface area contributed by atoms with E-state index in [0.29, 0.717) is 41.4 Å². The minimum atomic E-state index is 0.376. The van der Waals surface area contributed by atoms with Gasteiger partial charge in [0, 0.05) is 29.6 Å². The SMILES string of the molecule is C#CCCOc1c(Cl)cc(Cl)cc1CNC(C)C. The van der Waals surface area contributed by atoms with E-state index in [9.17, 15) is 0 Å². The molecular weight excluding hydrogens is 269 g/mol. The minimum Gasteiger partial charge on any atom is -0.491 e. The summed E-state index contributed by atoms with van der Waals surface area (Å²) in [6.45, 7) is 5.26. The van der Waals surface area contributed by atoms with Crippen molar-refractivity contribution in [2.75, 3.05) is 6.61 Å². The van der Waals surface area contributed by atoms with Gasteiger partial charge < -0.3 is 10.1 Å². The van der Waals surface area contributed by atoms with Crippen LogP contribution >= 0.6 is 23.2 Å². The van der Waals surface area contributed by atoms with Crippen LogP contribution in [0.1, 0.15) is 25.8 Å². The normalized spacial score (nSPS) is 10.4. The molecule has 1 rings (SSSR count). The molecule has 0 aliphatic carbocycles. The Bertz CT molecular complexity index is 438. The van der Waals surface area contributed by atoms with Crippen LogP contribution < -0.4 is 10.1 Å². The first-order valence-electron chi connectivity index (χ1n) is 5.82. The monoisotopic (exact) mass is 285 g/mol. The van der Waals surface area contributed by atoms with Gasteiger partial charge in [0.15, 0.2) is 0 Å². The van der Waals surface area contributed by atoms with E-state index in [1.165, 1.54) is 0 Å². The lowest BCUT2D eigenvalue weighted by Crippen LogP contribution is -2.22. The lowest BCUT2D eigenvalue weighted by molar-refractivity contribution is 0.322. The summed E-state index contributed by atoms with van der Waals surface area (Å²) in [6, 6.07) is 3.91. The van der Waals surface area contributed by atoms with Crippen molar-refractivity contribution in [3.8, 4) is 18.1 Å². The average Bonchev–Trinajstić information content (AvgIpc) is 2.29. The summed E-state index contributed by atoms with van der Waals surface area (Å²) in [5.41, 5.74) is 0.943. The molecule has 18 heavy (non-hydrogen) atoms. The second-order valence-electron chi connectivity index (χ2n) is 4.21. The van der Waals surface area contributed by atoms with E-state index in [2.05, 4.69) is 25.1 Å². The molecule has 0 aliphatic heterocycles. The van der Waals surface area contributed by atoms with E-state index in [0.717, 1.165) is 5.56 Å². The maximum atomic E-state index is 6.14. The Morgan fingerprint density at radius 1 is 1.39 bits per heavy atom. The molecule has 0 unspecified atom stereocenters. The van der Waals surface area contributed by atoms with E-state index in [4.69, 9.17) is 34.4 Å². The maximum Gasteiger partial charge on any atom is 0.142 e. The van der Waals surface area contributed by atoms with Crippen molar-refractivity contribution in [1.29, 1.82) is 0 Å². The lowest BCUT2D eigenvalue weighted by Gasteiger charge is -2.15. The maximum absolute atomic E-state index is 6.14. The minimum absolute atomic E-state index is 0.376. The molecule has 4 heteroatoms. The highest BCUT2D eigenvalue weighted by molar-refractivity contribution is 6.35. The Balaban J connectivity index is 2.87. The van der Waals surface area contributed by atoms with Crippen molar-refractivity contribution in [3.63, 3.8) is 0 Å². The third-order valence-electron chi connectivity index (χ3n) is 2.28. The van der Waals surface area contributed by atoms with Gasteiger partial charge in [-0.1, -0.05) is 37.0 Å². The standard InChI is InChI=1S/C14H17Cl2NO/c1-4-5-6-18-14-11(9-17-10(2)3)7-12(15)8-13(14)16/h1,7-8,10,17H,5-6,9H2,2-3H3. The van der Waals surface area contributed by atoms with Crippen molar-refractivity contribution in [1.82, 2.24) is 5.32 Å². The zero-order chi connectivity index (χ0) is 13.5. The first-order valence-corrected chi connectivity index (χ1v) is 6.57. The number of halogens is 2. The molecule has 1 aromatic carbocycles. The third-order valence-corrected chi connectivity index (χ3v) is 2.78. The first kappa shape index (κ1) is 15.2. The molecule has 0 bridgehead atoms. The summed E-state index contributed by atoms with van der Waals surface area (Å²) in [6.07, 6.45) is 5.75. The first-order chi connectivity index (χ1) is 8.54. The van der Waals surface area contributed by atoms with Crippen LogP contribution in [0.4, 0.5) is 0 Å². The summed E-state index contributed by atoms with van der Waals surface area (Å²) in [7, 11) is 0. The van der Waals surface area contributed by atoms with Crippen molar-refractivity contribution >= 4 is 23.2 Å². The Morgan fingerprint density at radius 3 is 2.72 bits per heavy atom. The highest BCUT2D eigenvalue weighted by Gasteiger charge is 2.11. The fourth-order valence-electron chi connectivity index (χ4n) is 1.43. The second-order valence-corrected chi connectivity index (χ2v) is 5.06. The van der Waals surface area contributed by atoms with Gasteiger partial charge in [0.1, 0.15) is 5.75 Å². The summed E-state index contributed by atoms with van der Waals surface area (Å²) >= 11 is 12.1. The molecule has 2 nitrogen and oxygen atoms in total. The Kier molecular flexibility index (Phi) is 6.35. The lowest BCUT2D eigenvalue weighted by atomic mass is 10.2. The molecule has 0 saturated heterocycles. The number of nitrogens with one attached hydrogen (secondary N) is 1. The number of terminal acetylenes is 1. The van der Waals surface area contributed by atoms with Crippen LogP contribution in [0.3, 0.4) is 0 Å². The fraction of sp³-hybridized carbons (Fsp3) is 0.429. The Morgan fingerprint density at radius 2 is 2.11 bits per heavy atom. The van der Waals surface area contributed by atoms with E-state index in [1.807, 2.05) is 6.07 Å². The molecule has 1 aromatic rings. The van der Waals surface area contributed by atoms with Gasteiger partial charge in [0.25, 0.3) is 0 Å². The zero-order valence-electron chi connectivity index (χ0n) is 10.6. The number of benzene rings is 1. The summed E-state index contributed by atoms with van der Waals surface area (Å²) in [4.78, 5) is 0. The molecule has 0 aromatic heterocycles. The van der Waals surface area contributed by atoms with Gasteiger partial charge in [-0.25, -0.2) is 0 Å². The molecule has 1 N–H and O–H groups in total. The zero-order valence-corrected chi connectivity index (χ0v) is 12.1. The predicted molar refractivity (Wildman–Crippen MR) is 77.4 cm³/mol. The molecule has 0 saturated carbocycles. The van der Waals surface area contributed by atoms with Crippen molar-refractivity contribution in [2.45, 2.75) is 32.9 Å². The molecule has 0 amide bonds. The third kappa shape index (κ3) is 4.78. The number of hydrogen-bond donors (Lipinski definition) is 1. The van der Waals surface area contributed by atoms with E-state index < -0.39 is 0 Å². The number of hydrogen-bond acceptors (Lipinski definition) is 2. The fourth-order valence-corrected chi connectivity index (χ4v) is 2.02. The highest BCUT2D eigenvalue weighted by atomic mass is 35.5. The van der Waals surface area contributed by atoms with Crippen LogP contribution in [0.5, 0.6) is 5.75 Å². The summed E-state index contributed by atoms with van der Waals surface area (Å²) in [5, 5.41) is 4.43. The molecule has 0 spiro atoms. The van der Waals surface area contributed by atoms with Crippen molar-refractivity contribution in [2.24, 2.45) is 0 Å². The van der Waals surface area contributed by atoms with Crippen LogP contribution in [0, 0.1) is 12.3 Å². The number of rotatable bonds is 6. The molecule has 0 aliphatic rings. The van der Waals surface area contributed by atoms with Crippen LogP contribution in [-0.4, -0.2) is 12.6 Å². The molecule has 98 valence electrons. The number of ether oxygens (including phenoxy) is 1. The van der Waals surface area contributed by atoms with Gasteiger partial charge >= 0.3 is 0 Å². The smallest absolute Gasteiger partial charge is 0.142 e. The quantitative estimate of drug-likeness (QED) is 0.632. The van der Waals surface area contributed by atoms with Gasteiger partial charge in [-0.3, -0.25) is 0 Å². The van der Waals surface area contributed by atoms with Gasteiger partial charge in [-0.15, -0.1) is 12.3 Å². The van der Waals surface area contributed by atoms with Crippen LogP contribution in [0.25, 0.3) is 0 Å². The molecule has 0 radical (unpaired) electrons. The van der Waals surface area contributed by atoms with Crippen LogP contribution in [-0.2, 0) is 6.54 Å². The van der Waals surface area contributed by atoms with Crippen LogP contribution in [0.2, 0.25) is 10.0 Å². The molecule has 0 fully saturated rings. The topological polar surface area (TPSA) is 21.3 Å². The summed E-state index contributed by atoms with van der Waals surface area (Å²) in [5.74, 6) is 3.19. The summed E-state index contributed by atoms with van der Waals surface area (Å²) < 4.78 is 5.62. The van der Waals surface area contributed by atoms with Gasteiger partial charge in [-0.05, 0) is 12.1 Å². The highest BCUT2D eigenvalue weighted by Crippen LogP contribution is 2.32. The van der Waals surface area contributed by atoms with Gasteiger partial charge in [0.05, 0.1) is 11.6 Å². The predicted octanol–water partition coefficient (Wildman–Crippen LogP) is 3.89. The van der Waals surface area contributed by atoms with E-state index in [-0.39, 0.29) is 0 Å². The average molecular weight is 286 g/mol. The van der Waals surface area contributed by atoms with Crippen molar-refractivity contribution in [3.05, 3.63) is 27.7 Å². The largest absolute Gasteiger partial charge is 0.491 e. The molecular formula is C14H17Cl2NO. The van der Waals surface area contributed by atoms with Crippen LogP contribution in [0.15, 0.2) is 12.1 Å². The van der Waals surface area contributed by atoms with Gasteiger partial charge in [-0.2, -0.15) is 0 Å². The molecule has 0 atom stereocenters. The second kappa shape index (κ2) is 7.53. The Labute approximate surface area is 119 Å². The van der Waals surface area contributed by atoms with E-state index in [1.54, 1.807) is 6.07 Å².